The summed E-state index contributed by atoms with van der Waals surface area (Å²) in [6.45, 7) is 12.6. The molecule has 0 saturated carbocycles. The van der Waals surface area contributed by atoms with Crippen molar-refractivity contribution in [3.63, 3.8) is 0 Å². The summed E-state index contributed by atoms with van der Waals surface area (Å²) >= 11 is 0. The van der Waals surface area contributed by atoms with Crippen LogP contribution in [0, 0.1) is 0 Å². The molecule has 0 N–H and O–H groups in total. The van der Waals surface area contributed by atoms with Gasteiger partial charge in [0.25, 0.3) is 5.91 Å². The molecule has 1 saturated heterocycles. The molecule has 13 nitrogen and oxygen atoms in total. The molecule has 2 aliphatic heterocycles. The van der Waals surface area contributed by atoms with Crippen molar-refractivity contribution in [3.05, 3.63) is 71.3 Å². The van der Waals surface area contributed by atoms with Crippen LogP contribution in [0.5, 0.6) is 23.0 Å². The second-order valence-electron chi connectivity index (χ2n) is 15.9. The second kappa shape index (κ2) is 22.8. The number of carbonyl (C=O) groups excluding carboxylic acids is 4. The van der Waals surface area contributed by atoms with Crippen LogP contribution in [0.2, 0.25) is 0 Å². The maximum Gasteiger partial charge on any atom is 0.410 e. The van der Waals surface area contributed by atoms with Gasteiger partial charge in [-0.3, -0.25) is 14.4 Å². The van der Waals surface area contributed by atoms with Gasteiger partial charge in [-0.2, -0.15) is 0 Å². The summed E-state index contributed by atoms with van der Waals surface area (Å²) in [6, 6.07) is 17.3. The van der Waals surface area contributed by atoms with Crippen molar-refractivity contribution < 1.29 is 52.3 Å². The van der Waals surface area contributed by atoms with E-state index >= 15 is 0 Å². The Hall–Kier alpha value is -5.46. The summed E-state index contributed by atoms with van der Waals surface area (Å²) < 4.78 is 39.4. The van der Waals surface area contributed by atoms with Crippen LogP contribution in [0.1, 0.15) is 107 Å². The van der Waals surface area contributed by atoms with Crippen LogP contribution in [-0.4, -0.2) is 98.7 Å². The van der Waals surface area contributed by atoms with Crippen molar-refractivity contribution in [1.29, 1.82) is 0 Å². The minimum atomic E-state index is -0.597. The monoisotopic (exact) mass is 830 g/mol. The standard InChI is InChI=1S/C47H62N2O11/c1-6-54-43(50)18-13-28-57-40-17-12-16-34(39(40)20-22-44(51)55-7-2)15-10-8-9-11-27-56-38-30-36(35-19-21-41-42(32-35)59-33-58-41)29-37(31-38)45(52)48-23-14-24-49(26-25-48)46(53)60-47(3,4)5/h12,16-17,19,21,29-32H,6-11,13-15,18,20,22-28,33H2,1-5H3. The smallest absolute Gasteiger partial charge is 0.410 e. The number of benzene rings is 3. The minimum Gasteiger partial charge on any atom is -0.494 e. The molecule has 5 rings (SSSR count). The highest BCUT2D eigenvalue weighted by Crippen LogP contribution is 2.37. The molecule has 0 aromatic heterocycles. The number of aryl methyl sites for hydroxylation is 1. The molecule has 2 aliphatic rings. The largest absolute Gasteiger partial charge is 0.494 e. The Labute approximate surface area is 354 Å². The molecule has 0 aliphatic carbocycles. The summed E-state index contributed by atoms with van der Waals surface area (Å²) in [5, 5.41) is 0. The Morgan fingerprint density at radius 2 is 1.40 bits per heavy atom. The van der Waals surface area contributed by atoms with Crippen LogP contribution in [-0.2, 0) is 36.6 Å². The van der Waals surface area contributed by atoms with E-state index < -0.39 is 5.60 Å². The van der Waals surface area contributed by atoms with E-state index in [-0.39, 0.29) is 43.6 Å². The van der Waals surface area contributed by atoms with Gasteiger partial charge < -0.3 is 43.0 Å². The molecule has 2 heterocycles. The average molecular weight is 831 g/mol. The average Bonchev–Trinajstić information content (AvgIpc) is 3.55. The Kier molecular flexibility index (Phi) is 17.3. The highest BCUT2D eigenvalue weighted by atomic mass is 16.7. The molecule has 0 unspecified atom stereocenters. The number of nitrogens with zero attached hydrogens (tertiary/aromatic N) is 2. The second-order valence-corrected chi connectivity index (χ2v) is 15.9. The third-order valence-corrected chi connectivity index (χ3v) is 10.1. The van der Waals surface area contributed by atoms with Crippen molar-refractivity contribution in [2.45, 2.75) is 104 Å². The zero-order valence-electron chi connectivity index (χ0n) is 36.0. The molecule has 3 aromatic rings. The van der Waals surface area contributed by atoms with E-state index in [1.54, 1.807) is 29.7 Å². The number of hydrogen-bond acceptors (Lipinski definition) is 11. The fourth-order valence-electron chi connectivity index (χ4n) is 7.18. The number of rotatable bonds is 20. The molecule has 0 bridgehead atoms. The van der Waals surface area contributed by atoms with E-state index in [4.69, 9.17) is 33.2 Å². The van der Waals surface area contributed by atoms with Crippen molar-refractivity contribution in [3.8, 4) is 34.1 Å². The molecule has 326 valence electrons. The SMILES string of the molecule is CCOC(=O)CCCOc1cccc(CCCCCCOc2cc(C(=O)N3CCCN(C(=O)OC(C)(C)C)CC3)cc(-c3ccc4c(c3)OCO4)c2)c1CCC(=O)OCC. The lowest BCUT2D eigenvalue weighted by Gasteiger charge is -2.26. The summed E-state index contributed by atoms with van der Waals surface area (Å²) in [5.74, 6) is 2.05. The summed E-state index contributed by atoms with van der Waals surface area (Å²) in [7, 11) is 0. The van der Waals surface area contributed by atoms with Gasteiger partial charge in [0.05, 0.1) is 26.4 Å². The van der Waals surface area contributed by atoms with Crippen LogP contribution in [0.15, 0.2) is 54.6 Å². The van der Waals surface area contributed by atoms with Gasteiger partial charge in [-0.15, -0.1) is 0 Å². The Morgan fingerprint density at radius 1 is 0.683 bits per heavy atom. The molecule has 60 heavy (non-hydrogen) atoms. The normalized spacial score (nSPS) is 13.7. The van der Waals surface area contributed by atoms with E-state index in [0.29, 0.717) is 94.7 Å². The number of hydrogen-bond donors (Lipinski definition) is 0. The maximum absolute atomic E-state index is 14.1. The van der Waals surface area contributed by atoms with Crippen molar-refractivity contribution in [2.75, 3.05) is 59.4 Å². The van der Waals surface area contributed by atoms with E-state index in [0.717, 1.165) is 60.1 Å². The molecule has 13 heteroatoms. The summed E-state index contributed by atoms with van der Waals surface area (Å²) in [5.41, 5.74) is 3.74. The van der Waals surface area contributed by atoms with Gasteiger partial charge in [-0.25, -0.2) is 4.79 Å². The van der Waals surface area contributed by atoms with Crippen molar-refractivity contribution in [2.24, 2.45) is 0 Å². The fraction of sp³-hybridized carbons (Fsp3) is 0.532. The van der Waals surface area contributed by atoms with Gasteiger partial charge in [0.2, 0.25) is 6.79 Å². The van der Waals surface area contributed by atoms with Crippen molar-refractivity contribution in [1.82, 2.24) is 9.80 Å². The number of carbonyl (C=O) groups is 4. The molecule has 1 fully saturated rings. The van der Waals surface area contributed by atoms with Gasteiger partial charge in [0.15, 0.2) is 11.5 Å². The Balaban J connectivity index is 1.18. The molecular formula is C47H62N2O11. The lowest BCUT2D eigenvalue weighted by molar-refractivity contribution is -0.144. The summed E-state index contributed by atoms with van der Waals surface area (Å²) in [6.07, 6.45) is 6.38. The van der Waals surface area contributed by atoms with Crippen LogP contribution in [0.3, 0.4) is 0 Å². The lowest BCUT2D eigenvalue weighted by atomic mass is 9.96. The number of amides is 2. The molecule has 0 radical (unpaired) electrons. The van der Waals surface area contributed by atoms with Gasteiger partial charge in [0.1, 0.15) is 17.1 Å². The first-order valence-corrected chi connectivity index (χ1v) is 21.4. The first-order valence-electron chi connectivity index (χ1n) is 21.4. The Morgan fingerprint density at radius 3 is 2.18 bits per heavy atom. The lowest BCUT2D eigenvalue weighted by Crippen LogP contribution is -2.40. The number of esters is 2. The van der Waals surface area contributed by atoms with Crippen LogP contribution >= 0.6 is 0 Å². The fourth-order valence-corrected chi connectivity index (χ4v) is 7.18. The van der Waals surface area contributed by atoms with Crippen LogP contribution < -0.4 is 18.9 Å². The minimum absolute atomic E-state index is 0.124. The van der Waals surface area contributed by atoms with E-state index in [9.17, 15) is 19.2 Å². The zero-order valence-corrected chi connectivity index (χ0v) is 36.0. The van der Waals surface area contributed by atoms with E-state index in [1.165, 1.54) is 0 Å². The predicted molar refractivity (Wildman–Crippen MR) is 227 cm³/mol. The number of unbranched alkanes of at least 4 members (excludes halogenated alkanes) is 3. The molecular weight excluding hydrogens is 769 g/mol. The molecule has 0 spiro atoms. The highest BCUT2D eigenvalue weighted by molar-refractivity contribution is 5.96. The first-order chi connectivity index (χ1) is 28.9. The third kappa shape index (κ3) is 14.1. The zero-order chi connectivity index (χ0) is 42.9. The molecule has 0 atom stereocenters. The Bertz CT molecular complexity index is 1910. The van der Waals surface area contributed by atoms with Crippen LogP contribution in [0.4, 0.5) is 4.79 Å². The number of ether oxygens (including phenoxy) is 7. The third-order valence-electron chi connectivity index (χ3n) is 10.1. The maximum atomic E-state index is 14.1. The molecule has 2 amide bonds. The van der Waals surface area contributed by atoms with Gasteiger partial charge >= 0.3 is 18.0 Å². The highest BCUT2D eigenvalue weighted by Gasteiger charge is 2.27. The van der Waals surface area contributed by atoms with Gasteiger partial charge in [-0.05, 0) is 132 Å². The summed E-state index contributed by atoms with van der Waals surface area (Å²) in [4.78, 5) is 54.3. The van der Waals surface area contributed by atoms with Gasteiger partial charge in [0, 0.05) is 44.6 Å². The van der Waals surface area contributed by atoms with Crippen molar-refractivity contribution >= 4 is 23.9 Å². The molecule has 3 aromatic carbocycles. The van der Waals surface area contributed by atoms with E-state index in [1.807, 2.05) is 63.2 Å². The van der Waals surface area contributed by atoms with Crippen LogP contribution in [0.25, 0.3) is 11.1 Å². The van der Waals surface area contributed by atoms with E-state index in [2.05, 4.69) is 6.07 Å². The topological polar surface area (TPSA) is 139 Å². The quantitative estimate of drug-likeness (QED) is 0.0615. The first kappa shape index (κ1) is 45.6. The number of fused-ring (bicyclic) bond motifs is 1. The van der Waals surface area contributed by atoms with Gasteiger partial charge in [-0.1, -0.05) is 31.0 Å². The predicted octanol–water partition coefficient (Wildman–Crippen LogP) is 8.57.